The monoisotopic (exact) mass is 513 g/mol. The normalized spacial score (nSPS) is 14.5. The Bertz CT molecular complexity index is 989. The standard InChI is InChI=1S/C29H40ClN3O3/c1-4-36-18-8-15-31-27(34)25-20-24(32-28(35)29(2,3)21-30)11-12-26(25)33-16-13-23(14-17-33)19-22-9-6-5-7-10-22/h5-7,9-12,20,23H,4,8,13-19,21H2,1-3H3,(H,31,34)(H,32,35). The minimum Gasteiger partial charge on any atom is -0.382 e. The summed E-state index contributed by atoms with van der Waals surface area (Å²) in [6, 6.07) is 16.2. The highest BCUT2D eigenvalue weighted by Crippen LogP contribution is 2.31. The third-order valence-corrected chi connectivity index (χ3v) is 7.39. The van der Waals surface area contributed by atoms with Crippen molar-refractivity contribution in [2.45, 2.75) is 46.5 Å². The average molecular weight is 514 g/mol. The van der Waals surface area contributed by atoms with E-state index in [0.29, 0.717) is 36.9 Å². The molecular weight excluding hydrogens is 474 g/mol. The van der Waals surface area contributed by atoms with Gasteiger partial charge in [-0.1, -0.05) is 30.3 Å². The number of carbonyl (C=O) groups is 2. The van der Waals surface area contributed by atoms with E-state index in [-0.39, 0.29) is 17.7 Å². The Labute approximate surface area is 220 Å². The molecular formula is C29H40ClN3O3. The maximum absolute atomic E-state index is 13.2. The Morgan fingerprint density at radius 2 is 1.83 bits per heavy atom. The molecule has 2 N–H and O–H groups in total. The Balaban J connectivity index is 1.72. The molecule has 0 radical (unpaired) electrons. The summed E-state index contributed by atoms with van der Waals surface area (Å²) in [5, 5.41) is 5.96. The fraction of sp³-hybridized carbons (Fsp3) is 0.517. The van der Waals surface area contributed by atoms with E-state index >= 15 is 0 Å². The van der Waals surface area contributed by atoms with Gasteiger partial charge in [-0.25, -0.2) is 0 Å². The number of rotatable bonds is 12. The lowest BCUT2D eigenvalue weighted by atomic mass is 9.89. The Morgan fingerprint density at radius 3 is 2.50 bits per heavy atom. The zero-order valence-corrected chi connectivity index (χ0v) is 22.6. The summed E-state index contributed by atoms with van der Waals surface area (Å²) < 4.78 is 5.38. The Hall–Kier alpha value is -2.57. The van der Waals surface area contributed by atoms with Crippen molar-refractivity contribution in [2.75, 3.05) is 48.9 Å². The van der Waals surface area contributed by atoms with E-state index < -0.39 is 5.41 Å². The van der Waals surface area contributed by atoms with Gasteiger partial charge in [-0.2, -0.15) is 0 Å². The summed E-state index contributed by atoms with van der Waals surface area (Å²) in [7, 11) is 0. The first kappa shape index (κ1) is 28.0. The van der Waals surface area contributed by atoms with Gasteiger partial charge >= 0.3 is 0 Å². The lowest BCUT2D eigenvalue weighted by Crippen LogP contribution is -2.36. The molecule has 0 unspecified atom stereocenters. The molecule has 7 heteroatoms. The van der Waals surface area contributed by atoms with E-state index in [4.69, 9.17) is 16.3 Å². The van der Waals surface area contributed by atoms with Gasteiger partial charge in [0.2, 0.25) is 5.91 Å². The number of amides is 2. The topological polar surface area (TPSA) is 70.7 Å². The van der Waals surface area contributed by atoms with Crippen LogP contribution in [0.25, 0.3) is 0 Å². The van der Waals surface area contributed by atoms with Crippen LogP contribution in [0.2, 0.25) is 0 Å². The van der Waals surface area contributed by atoms with E-state index in [0.717, 1.165) is 44.5 Å². The SMILES string of the molecule is CCOCCCNC(=O)c1cc(NC(=O)C(C)(C)CCl)ccc1N1CCC(Cc2ccccc2)CC1. The fourth-order valence-corrected chi connectivity index (χ4v) is 4.49. The van der Waals surface area contributed by atoms with Crippen molar-refractivity contribution in [3.63, 3.8) is 0 Å². The van der Waals surface area contributed by atoms with Gasteiger partial charge in [0.1, 0.15) is 0 Å². The van der Waals surface area contributed by atoms with Crippen molar-refractivity contribution in [1.29, 1.82) is 0 Å². The number of nitrogens with zero attached hydrogens (tertiary/aromatic N) is 1. The van der Waals surface area contributed by atoms with Crippen LogP contribution < -0.4 is 15.5 Å². The number of nitrogens with one attached hydrogen (secondary N) is 2. The predicted octanol–water partition coefficient (Wildman–Crippen LogP) is 5.51. The van der Waals surface area contributed by atoms with E-state index in [2.05, 4.69) is 45.9 Å². The number of halogens is 1. The average Bonchev–Trinajstić information content (AvgIpc) is 2.89. The molecule has 0 bridgehead atoms. The Morgan fingerprint density at radius 1 is 1.11 bits per heavy atom. The molecule has 196 valence electrons. The molecule has 2 aromatic carbocycles. The molecule has 1 heterocycles. The fourth-order valence-electron chi connectivity index (χ4n) is 4.37. The number of anilines is 2. The lowest BCUT2D eigenvalue weighted by Gasteiger charge is -2.35. The number of carbonyl (C=O) groups excluding carboxylic acids is 2. The van der Waals surface area contributed by atoms with Crippen molar-refractivity contribution < 1.29 is 14.3 Å². The summed E-state index contributed by atoms with van der Waals surface area (Å²) in [5.74, 6) is 0.536. The molecule has 1 saturated heterocycles. The smallest absolute Gasteiger partial charge is 0.253 e. The first-order valence-corrected chi connectivity index (χ1v) is 13.5. The molecule has 0 aromatic heterocycles. The number of hydrogen-bond acceptors (Lipinski definition) is 4. The molecule has 0 spiro atoms. The predicted molar refractivity (Wildman–Crippen MR) is 148 cm³/mol. The minimum absolute atomic E-state index is 0.138. The second-order valence-electron chi connectivity index (χ2n) is 10.1. The van der Waals surface area contributed by atoms with Crippen LogP contribution in [0.4, 0.5) is 11.4 Å². The van der Waals surface area contributed by atoms with Gasteiger partial charge in [0, 0.05) is 50.1 Å². The minimum atomic E-state index is -0.706. The van der Waals surface area contributed by atoms with Crippen molar-refractivity contribution >= 4 is 34.8 Å². The molecule has 0 atom stereocenters. The number of benzene rings is 2. The summed E-state index contributed by atoms with van der Waals surface area (Å²) >= 11 is 5.98. The Kier molecular flexibility index (Phi) is 10.6. The van der Waals surface area contributed by atoms with Crippen molar-refractivity contribution in [1.82, 2.24) is 5.32 Å². The number of alkyl halides is 1. The van der Waals surface area contributed by atoms with Crippen LogP contribution >= 0.6 is 11.6 Å². The van der Waals surface area contributed by atoms with Crippen LogP contribution in [0.1, 0.15) is 56.0 Å². The van der Waals surface area contributed by atoms with E-state index in [1.807, 2.05) is 19.1 Å². The molecule has 6 nitrogen and oxygen atoms in total. The van der Waals surface area contributed by atoms with Gasteiger partial charge in [0.05, 0.1) is 11.0 Å². The molecule has 2 amide bonds. The molecule has 0 aliphatic carbocycles. The van der Waals surface area contributed by atoms with Gasteiger partial charge in [-0.05, 0) is 76.1 Å². The molecule has 2 aromatic rings. The number of piperidine rings is 1. The van der Waals surface area contributed by atoms with E-state index in [9.17, 15) is 9.59 Å². The summed E-state index contributed by atoms with van der Waals surface area (Å²) in [5.41, 5.74) is 2.76. The highest BCUT2D eigenvalue weighted by atomic mass is 35.5. The quantitative estimate of drug-likeness (QED) is 0.290. The van der Waals surface area contributed by atoms with E-state index in [1.54, 1.807) is 19.9 Å². The van der Waals surface area contributed by atoms with Gasteiger partial charge in [0.25, 0.3) is 5.91 Å². The van der Waals surface area contributed by atoms with Gasteiger partial charge in [-0.15, -0.1) is 11.6 Å². The number of hydrogen-bond donors (Lipinski definition) is 2. The zero-order valence-electron chi connectivity index (χ0n) is 21.8. The highest BCUT2D eigenvalue weighted by molar-refractivity contribution is 6.20. The van der Waals surface area contributed by atoms with Crippen LogP contribution in [-0.4, -0.2) is 50.5 Å². The summed E-state index contributed by atoms with van der Waals surface area (Å²) in [6.45, 7) is 9.16. The maximum atomic E-state index is 13.2. The third kappa shape index (κ3) is 7.97. The second kappa shape index (κ2) is 13.7. The zero-order chi connectivity index (χ0) is 26.0. The first-order chi connectivity index (χ1) is 17.3. The maximum Gasteiger partial charge on any atom is 0.253 e. The van der Waals surface area contributed by atoms with Crippen molar-refractivity contribution in [2.24, 2.45) is 11.3 Å². The summed E-state index contributed by atoms with van der Waals surface area (Å²) in [6.07, 6.45) is 3.99. The molecule has 1 fully saturated rings. The van der Waals surface area contributed by atoms with Crippen LogP contribution in [0.5, 0.6) is 0 Å². The molecule has 36 heavy (non-hydrogen) atoms. The largest absolute Gasteiger partial charge is 0.382 e. The van der Waals surface area contributed by atoms with E-state index in [1.165, 1.54) is 5.56 Å². The van der Waals surface area contributed by atoms with Crippen LogP contribution in [0.15, 0.2) is 48.5 Å². The van der Waals surface area contributed by atoms with Gasteiger partial charge in [0.15, 0.2) is 0 Å². The van der Waals surface area contributed by atoms with Crippen LogP contribution in [0.3, 0.4) is 0 Å². The number of ether oxygens (including phenoxy) is 1. The highest BCUT2D eigenvalue weighted by Gasteiger charge is 2.28. The second-order valence-corrected chi connectivity index (χ2v) is 10.4. The van der Waals surface area contributed by atoms with Gasteiger partial charge < -0.3 is 20.3 Å². The van der Waals surface area contributed by atoms with Crippen molar-refractivity contribution in [3.05, 3.63) is 59.7 Å². The van der Waals surface area contributed by atoms with Crippen molar-refractivity contribution in [3.8, 4) is 0 Å². The van der Waals surface area contributed by atoms with Gasteiger partial charge in [-0.3, -0.25) is 9.59 Å². The molecule has 1 aliphatic heterocycles. The first-order valence-electron chi connectivity index (χ1n) is 13.0. The molecule has 3 rings (SSSR count). The third-order valence-electron chi connectivity index (χ3n) is 6.73. The molecule has 1 aliphatic rings. The summed E-state index contributed by atoms with van der Waals surface area (Å²) in [4.78, 5) is 28.2. The van der Waals surface area contributed by atoms with Crippen LogP contribution in [-0.2, 0) is 16.0 Å². The molecule has 0 saturated carbocycles. The van der Waals surface area contributed by atoms with Crippen LogP contribution in [0, 0.1) is 11.3 Å². The lowest BCUT2D eigenvalue weighted by molar-refractivity contribution is -0.122.